The fourth-order valence-electron chi connectivity index (χ4n) is 3.86. The molecule has 40 heavy (non-hydrogen) atoms. The van der Waals surface area contributed by atoms with E-state index in [1.807, 2.05) is 42.6 Å². The number of fused-ring (bicyclic) bond motifs is 2. The van der Waals surface area contributed by atoms with Gasteiger partial charge in [0.05, 0.1) is 18.7 Å². The van der Waals surface area contributed by atoms with Crippen molar-refractivity contribution >= 4 is 25.0 Å². The van der Waals surface area contributed by atoms with E-state index in [1.54, 1.807) is 18.2 Å². The summed E-state index contributed by atoms with van der Waals surface area (Å²) in [6.07, 6.45) is 3.04. The van der Waals surface area contributed by atoms with E-state index in [1.165, 1.54) is 29.1 Å². The molecule has 6 rings (SSSR count). The number of pyridine rings is 2. The van der Waals surface area contributed by atoms with Crippen molar-refractivity contribution in [3.8, 4) is 34.0 Å². The monoisotopic (exact) mass is 746 g/mol. The van der Waals surface area contributed by atoms with Crippen molar-refractivity contribution < 1.29 is 37.2 Å². The molecule has 0 aliphatic carbocycles. The first kappa shape index (κ1) is 20.0. The smallest absolute Gasteiger partial charge is 0.128 e. The fourth-order valence-corrected chi connectivity index (χ4v) is 5.86. The van der Waals surface area contributed by atoms with Gasteiger partial charge < -0.3 is 14.7 Å². The Balaban J connectivity index is 0.000000229. The molecule has 3 heterocycles. The van der Waals surface area contributed by atoms with Crippen molar-refractivity contribution in [2.45, 2.75) is 50.0 Å². The van der Waals surface area contributed by atoms with Crippen molar-refractivity contribution in [3.63, 3.8) is 0 Å². The maximum Gasteiger partial charge on any atom is 0.128 e. The standard InChI is InChI=1S/C19H14NOS.C15H18NSi.Ir/c1-12-10-15(20-11-13(12)2)14-6-5-9-18-19(14)21-16-7-3-4-8-17(16)22-18;1-12-5-7-13(8-6-12)15-10-9-14(11-16-15)17(2,3)4;/h3-5,7-11H,1-2H3;5-7,9-11H,1-4H3;/q2*-1;/i1D3,2D3;1D3;. The zero-order valence-corrected chi connectivity index (χ0v) is 26.3. The van der Waals surface area contributed by atoms with Gasteiger partial charge in [-0.3, -0.25) is 0 Å². The normalized spacial score (nSPS) is 15.9. The summed E-state index contributed by atoms with van der Waals surface area (Å²) in [5.74, 6) is 1.22. The van der Waals surface area contributed by atoms with Crippen LogP contribution >= 0.6 is 11.8 Å². The summed E-state index contributed by atoms with van der Waals surface area (Å²) < 4.78 is 74.2. The second kappa shape index (κ2) is 12.7. The van der Waals surface area contributed by atoms with E-state index in [4.69, 9.17) is 17.1 Å². The van der Waals surface area contributed by atoms with Gasteiger partial charge in [-0.2, -0.15) is 0 Å². The van der Waals surface area contributed by atoms with Gasteiger partial charge >= 0.3 is 0 Å². The summed E-state index contributed by atoms with van der Waals surface area (Å²) in [7, 11) is -1.34. The van der Waals surface area contributed by atoms with Crippen LogP contribution in [0.1, 0.15) is 29.0 Å². The van der Waals surface area contributed by atoms with Crippen LogP contribution in [0, 0.1) is 32.7 Å². The van der Waals surface area contributed by atoms with Gasteiger partial charge in [0.15, 0.2) is 0 Å². The molecular weight excluding hydrogens is 705 g/mol. The SMILES string of the molecule is [2H]C([2H])([2H])c1c[c-]c(-c2ccc([Si](C)(C)C)cn2)cc1.[2H]C([2H])([2H])c1cnc(-c2[c-]ccc3c2Oc2ccccc2S3)cc1C([2H])([2H])[2H].[Ir]. The largest absolute Gasteiger partial charge is 0.499 e. The zero-order valence-electron chi connectivity index (χ0n) is 31.1. The van der Waals surface area contributed by atoms with E-state index in [0.717, 1.165) is 27.2 Å². The Bertz CT molecular complexity index is 1870. The van der Waals surface area contributed by atoms with Crippen molar-refractivity contribution in [1.82, 2.24) is 9.97 Å². The third kappa shape index (κ3) is 6.81. The molecule has 0 unspecified atom stereocenters. The molecule has 0 N–H and O–H groups in total. The predicted molar refractivity (Wildman–Crippen MR) is 165 cm³/mol. The van der Waals surface area contributed by atoms with E-state index in [2.05, 4.69) is 47.8 Å². The summed E-state index contributed by atoms with van der Waals surface area (Å²) in [5.41, 5.74) is 2.22. The first-order chi connectivity index (χ1) is 22.3. The predicted octanol–water partition coefficient (Wildman–Crippen LogP) is 8.82. The average molecular weight is 746 g/mol. The minimum absolute atomic E-state index is 0. The molecule has 0 saturated carbocycles. The van der Waals surface area contributed by atoms with Crippen molar-refractivity contribution in [2.75, 3.05) is 0 Å². The van der Waals surface area contributed by atoms with Crippen LogP contribution in [0.3, 0.4) is 0 Å². The summed E-state index contributed by atoms with van der Waals surface area (Å²) >= 11 is 1.53. The Morgan fingerprint density at radius 1 is 0.825 bits per heavy atom. The summed E-state index contributed by atoms with van der Waals surface area (Å²) in [4.78, 5) is 10.5. The number of aryl methyl sites for hydroxylation is 3. The van der Waals surface area contributed by atoms with E-state index in [-0.39, 0.29) is 31.2 Å². The van der Waals surface area contributed by atoms with Gasteiger partial charge in [-0.15, -0.1) is 65.4 Å². The summed E-state index contributed by atoms with van der Waals surface area (Å²) in [5, 5.41) is 1.31. The van der Waals surface area contributed by atoms with Crippen LogP contribution in [0.4, 0.5) is 0 Å². The van der Waals surface area contributed by atoms with E-state index < -0.39 is 28.6 Å². The molecule has 0 fully saturated rings. The molecule has 1 aliphatic heterocycles. The molecule has 205 valence electrons. The molecule has 1 radical (unpaired) electrons. The molecule has 1 aliphatic rings. The van der Waals surface area contributed by atoms with Crippen LogP contribution in [0.15, 0.2) is 95.0 Å². The van der Waals surface area contributed by atoms with Crippen molar-refractivity contribution in [2.24, 2.45) is 0 Å². The van der Waals surface area contributed by atoms with Crippen LogP contribution in [0.25, 0.3) is 22.5 Å². The molecule has 3 aromatic carbocycles. The molecule has 5 aromatic rings. The molecule has 0 amide bonds. The number of aromatic nitrogens is 2. The molecule has 2 aromatic heterocycles. The van der Waals surface area contributed by atoms with Gasteiger partial charge in [0.2, 0.25) is 0 Å². The Hall–Kier alpha value is -3.02. The minimum Gasteiger partial charge on any atom is -0.499 e. The van der Waals surface area contributed by atoms with Crippen LogP contribution in [0.5, 0.6) is 11.5 Å². The van der Waals surface area contributed by atoms with Gasteiger partial charge in [0, 0.05) is 44.8 Å². The molecule has 0 spiro atoms. The number of ether oxygens (including phenoxy) is 1. The number of nitrogens with zero attached hydrogens (tertiary/aromatic N) is 2. The molecule has 0 atom stereocenters. The second-order valence-corrected chi connectivity index (χ2v) is 16.1. The quantitative estimate of drug-likeness (QED) is 0.134. The average Bonchev–Trinajstić information content (AvgIpc) is 3.02. The van der Waals surface area contributed by atoms with E-state index in [0.29, 0.717) is 28.3 Å². The van der Waals surface area contributed by atoms with E-state index >= 15 is 0 Å². The van der Waals surface area contributed by atoms with Crippen LogP contribution in [-0.4, -0.2) is 18.0 Å². The van der Waals surface area contributed by atoms with Crippen LogP contribution in [0.2, 0.25) is 19.6 Å². The third-order valence-electron chi connectivity index (χ3n) is 6.07. The number of hydrogen-bond acceptors (Lipinski definition) is 4. The Kier molecular flexibility index (Phi) is 6.31. The molecule has 0 bridgehead atoms. The Morgan fingerprint density at radius 2 is 1.65 bits per heavy atom. The first-order valence-corrected chi connectivity index (χ1v) is 16.6. The number of hydrogen-bond donors (Lipinski definition) is 0. The molecule has 6 heteroatoms. The maximum atomic E-state index is 7.75. The molecular formula is C34H32IrN2OSSi-2. The number of rotatable bonds is 3. The molecule has 0 saturated heterocycles. The fraction of sp³-hybridized carbons (Fsp3) is 0.176. The van der Waals surface area contributed by atoms with E-state index in [9.17, 15) is 0 Å². The first-order valence-electron chi connectivity index (χ1n) is 16.8. The zero-order chi connectivity index (χ0) is 35.1. The number of para-hydroxylation sites is 1. The van der Waals surface area contributed by atoms with Gasteiger partial charge in [-0.1, -0.05) is 68.0 Å². The summed E-state index contributed by atoms with van der Waals surface area (Å²) in [6, 6.07) is 27.5. The van der Waals surface area contributed by atoms with Crippen LogP contribution in [-0.2, 0) is 20.1 Å². The van der Waals surface area contributed by atoms with Gasteiger partial charge in [-0.05, 0) is 52.9 Å². The topological polar surface area (TPSA) is 35.0 Å². The second-order valence-electron chi connectivity index (χ2n) is 9.99. The number of benzene rings is 3. The van der Waals surface area contributed by atoms with Gasteiger partial charge in [0.25, 0.3) is 0 Å². The van der Waals surface area contributed by atoms with Crippen LogP contribution < -0.4 is 9.92 Å². The Morgan fingerprint density at radius 3 is 2.35 bits per heavy atom. The van der Waals surface area contributed by atoms with Crippen molar-refractivity contribution in [3.05, 3.63) is 114 Å². The summed E-state index contributed by atoms with van der Waals surface area (Å²) in [6.45, 7) is -0.397. The minimum atomic E-state index is -2.58. The third-order valence-corrected chi connectivity index (χ3v) is 9.20. The molecule has 3 nitrogen and oxygen atoms in total. The van der Waals surface area contributed by atoms with Gasteiger partial charge in [-0.25, -0.2) is 0 Å². The van der Waals surface area contributed by atoms with Gasteiger partial charge in [0.1, 0.15) is 5.75 Å². The maximum absolute atomic E-state index is 7.75. The Labute approximate surface area is 269 Å². The van der Waals surface area contributed by atoms with Crippen molar-refractivity contribution in [1.29, 1.82) is 0 Å².